The molecule has 4 heterocycles. The van der Waals surface area contributed by atoms with Crippen LogP contribution in [0.2, 0.25) is 10.0 Å². The minimum absolute atomic E-state index is 0.148. The summed E-state index contributed by atoms with van der Waals surface area (Å²) in [6.07, 6.45) is 7.51. The summed E-state index contributed by atoms with van der Waals surface area (Å²) in [4.78, 5) is 14.3. The summed E-state index contributed by atoms with van der Waals surface area (Å²) >= 11 is 13.5. The Kier molecular flexibility index (Phi) is 9.05. The Morgan fingerprint density at radius 3 is 2.58 bits per heavy atom. The molecule has 1 saturated heterocycles. The molecule has 1 aromatic carbocycles. The summed E-state index contributed by atoms with van der Waals surface area (Å²) in [6, 6.07) is 3.64. The molecule has 13 heteroatoms. The first-order chi connectivity index (χ1) is 19.5. The van der Waals surface area contributed by atoms with Crippen LogP contribution >= 0.6 is 23.2 Å². The number of methoxy groups -OCH3 is 3. The SMILES string of the molecule is COCCn1cc(CNc2nc(-c3c(Cl)c(OC)cc(OC)c3Cl)cc3cnc(NC4CCCOC4)nc23)cn1. The zero-order chi connectivity index (χ0) is 28.1. The lowest BCUT2D eigenvalue weighted by Crippen LogP contribution is -2.30. The largest absolute Gasteiger partial charge is 0.495 e. The molecule has 1 aliphatic heterocycles. The van der Waals surface area contributed by atoms with Crippen LogP contribution in [0.25, 0.3) is 22.2 Å². The summed E-state index contributed by atoms with van der Waals surface area (Å²) < 4.78 is 23.5. The molecule has 1 fully saturated rings. The second-order valence-corrected chi connectivity index (χ2v) is 10.0. The van der Waals surface area contributed by atoms with Crippen molar-refractivity contribution in [2.45, 2.75) is 32.0 Å². The minimum atomic E-state index is 0.148. The molecule has 40 heavy (non-hydrogen) atoms. The average Bonchev–Trinajstić information content (AvgIpc) is 3.43. The van der Waals surface area contributed by atoms with E-state index in [0.29, 0.717) is 76.4 Å². The molecule has 0 saturated carbocycles. The fraction of sp³-hybridized carbons (Fsp3) is 0.407. The molecule has 3 aromatic heterocycles. The Balaban J connectivity index is 1.55. The Morgan fingerprint density at radius 1 is 1.07 bits per heavy atom. The van der Waals surface area contributed by atoms with Crippen LogP contribution < -0.4 is 20.1 Å². The summed E-state index contributed by atoms with van der Waals surface area (Å²) in [5, 5.41) is 12.6. The Labute approximate surface area is 242 Å². The number of halogens is 2. The molecule has 0 aliphatic carbocycles. The second kappa shape index (κ2) is 12.9. The Hall–Kier alpha value is -3.38. The zero-order valence-electron chi connectivity index (χ0n) is 22.5. The van der Waals surface area contributed by atoms with E-state index in [0.717, 1.165) is 30.4 Å². The van der Waals surface area contributed by atoms with Crippen LogP contribution in [0.1, 0.15) is 18.4 Å². The first kappa shape index (κ1) is 28.2. The minimum Gasteiger partial charge on any atom is -0.495 e. The summed E-state index contributed by atoms with van der Waals surface area (Å²) in [7, 11) is 4.73. The first-order valence-electron chi connectivity index (χ1n) is 12.9. The molecule has 0 amide bonds. The van der Waals surface area contributed by atoms with Gasteiger partial charge in [-0.2, -0.15) is 5.10 Å². The number of pyridine rings is 1. The molecular weight excluding hydrogens is 557 g/mol. The van der Waals surface area contributed by atoms with Crippen molar-refractivity contribution in [2.75, 3.05) is 51.8 Å². The van der Waals surface area contributed by atoms with Crippen molar-refractivity contribution >= 4 is 45.9 Å². The lowest BCUT2D eigenvalue weighted by atomic mass is 10.1. The van der Waals surface area contributed by atoms with E-state index in [1.54, 1.807) is 25.6 Å². The highest BCUT2D eigenvalue weighted by Crippen LogP contribution is 2.46. The maximum absolute atomic E-state index is 6.73. The number of ether oxygens (including phenoxy) is 4. The molecule has 0 spiro atoms. The second-order valence-electron chi connectivity index (χ2n) is 9.29. The molecule has 11 nitrogen and oxygen atoms in total. The maximum Gasteiger partial charge on any atom is 0.223 e. The van der Waals surface area contributed by atoms with Gasteiger partial charge in [-0.05, 0) is 18.9 Å². The number of hydrogen-bond donors (Lipinski definition) is 2. The van der Waals surface area contributed by atoms with Gasteiger partial charge in [-0.25, -0.2) is 15.0 Å². The summed E-state index contributed by atoms with van der Waals surface area (Å²) in [5.41, 5.74) is 2.62. The number of benzene rings is 1. The molecule has 1 atom stereocenters. The van der Waals surface area contributed by atoms with Crippen molar-refractivity contribution in [1.29, 1.82) is 0 Å². The van der Waals surface area contributed by atoms with Gasteiger partial charge in [0.25, 0.3) is 0 Å². The van der Waals surface area contributed by atoms with Crippen molar-refractivity contribution in [3.05, 3.63) is 46.3 Å². The standard InChI is InChI=1S/C27H31Cl2N7O4/c1-37-8-6-36-14-16(12-32-36)11-30-26-25-17(13-31-27(35-25)33-18-5-4-7-40-15-18)9-19(34-26)22-23(28)20(38-2)10-21(39-3)24(22)29/h9-10,12-14,18H,4-8,11,15H2,1-3H3,(H,30,34)(H,31,33,35). The Bertz CT molecular complexity index is 1450. The molecule has 0 bridgehead atoms. The summed E-state index contributed by atoms with van der Waals surface area (Å²) in [6.45, 7) is 3.10. The van der Waals surface area contributed by atoms with E-state index in [2.05, 4.69) is 20.7 Å². The predicted octanol–water partition coefficient (Wildman–Crippen LogP) is 5.06. The van der Waals surface area contributed by atoms with Crippen LogP contribution in [-0.2, 0) is 22.6 Å². The van der Waals surface area contributed by atoms with E-state index in [1.807, 2.05) is 16.9 Å². The van der Waals surface area contributed by atoms with Gasteiger partial charge in [0.1, 0.15) is 17.0 Å². The third kappa shape index (κ3) is 6.17. The zero-order valence-corrected chi connectivity index (χ0v) is 24.1. The van der Waals surface area contributed by atoms with Gasteiger partial charge in [-0.1, -0.05) is 23.2 Å². The average molecular weight is 588 g/mol. The van der Waals surface area contributed by atoms with Crippen LogP contribution in [0.5, 0.6) is 11.5 Å². The van der Waals surface area contributed by atoms with Crippen LogP contribution in [0.15, 0.2) is 30.7 Å². The maximum atomic E-state index is 6.73. The topological polar surface area (TPSA) is 117 Å². The fourth-order valence-corrected chi connectivity index (χ4v) is 5.19. The van der Waals surface area contributed by atoms with Crippen molar-refractivity contribution in [3.8, 4) is 22.8 Å². The van der Waals surface area contributed by atoms with E-state index in [4.69, 9.17) is 52.1 Å². The molecule has 0 radical (unpaired) electrons. The van der Waals surface area contributed by atoms with E-state index >= 15 is 0 Å². The van der Waals surface area contributed by atoms with Gasteiger partial charge in [0.05, 0.1) is 62.0 Å². The van der Waals surface area contributed by atoms with Crippen molar-refractivity contribution in [1.82, 2.24) is 24.7 Å². The highest BCUT2D eigenvalue weighted by atomic mass is 35.5. The lowest BCUT2D eigenvalue weighted by Gasteiger charge is -2.23. The molecule has 212 valence electrons. The summed E-state index contributed by atoms with van der Waals surface area (Å²) in [5.74, 6) is 1.88. The van der Waals surface area contributed by atoms with Gasteiger partial charge in [-0.3, -0.25) is 4.68 Å². The van der Waals surface area contributed by atoms with E-state index in [1.165, 1.54) is 14.2 Å². The smallest absolute Gasteiger partial charge is 0.223 e. The number of rotatable bonds is 11. The van der Waals surface area contributed by atoms with Gasteiger partial charge >= 0.3 is 0 Å². The third-order valence-electron chi connectivity index (χ3n) is 6.56. The normalized spacial score (nSPS) is 15.3. The van der Waals surface area contributed by atoms with Crippen LogP contribution in [-0.4, -0.2) is 71.9 Å². The first-order valence-corrected chi connectivity index (χ1v) is 13.6. The number of nitrogens with zero attached hydrogens (tertiary/aromatic N) is 5. The van der Waals surface area contributed by atoms with Crippen LogP contribution in [0.3, 0.4) is 0 Å². The van der Waals surface area contributed by atoms with Crippen LogP contribution in [0.4, 0.5) is 11.8 Å². The lowest BCUT2D eigenvalue weighted by molar-refractivity contribution is 0.0874. The van der Waals surface area contributed by atoms with Gasteiger partial charge < -0.3 is 29.6 Å². The number of aromatic nitrogens is 5. The van der Waals surface area contributed by atoms with Crippen molar-refractivity contribution < 1.29 is 18.9 Å². The number of hydrogen-bond acceptors (Lipinski definition) is 10. The highest BCUT2D eigenvalue weighted by Gasteiger charge is 2.22. The Morgan fingerprint density at radius 2 is 1.88 bits per heavy atom. The molecule has 2 N–H and O–H groups in total. The van der Waals surface area contributed by atoms with Gasteiger partial charge in [-0.15, -0.1) is 0 Å². The molecular formula is C27H31Cl2N7O4. The quantitative estimate of drug-likeness (QED) is 0.246. The highest BCUT2D eigenvalue weighted by molar-refractivity contribution is 6.41. The molecule has 4 aromatic rings. The van der Waals surface area contributed by atoms with Gasteiger partial charge in [0.15, 0.2) is 5.82 Å². The molecule has 5 rings (SSSR count). The number of fused-ring (bicyclic) bond motifs is 1. The monoisotopic (exact) mass is 587 g/mol. The van der Waals surface area contributed by atoms with E-state index in [9.17, 15) is 0 Å². The molecule has 1 unspecified atom stereocenters. The van der Waals surface area contributed by atoms with E-state index in [-0.39, 0.29) is 6.04 Å². The van der Waals surface area contributed by atoms with E-state index < -0.39 is 0 Å². The number of anilines is 2. The van der Waals surface area contributed by atoms with Crippen LogP contribution in [0, 0.1) is 0 Å². The fourth-order valence-electron chi connectivity index (χ4n) is 4.50. The number of nitrogens with one attached hydrogen (secondary N) is 2. The van der Waals surface area contributed by atoms with Crippen molar-refractivity contribution in [2.24, 2.45) is 0 Å². The van der Waals surface area contributed by atoms with Gasteiger partial charge in [0.2, 0.25) is 5.95 Å². The van der Waals surface area contributed by atoms with Gasteiger partial charge in [0, 0.05) is 55.2 Å². The molecule has 1 aliphatic rings. The van der Waals surface area contributed by atoms with Crippen molar-refractivity contribution in [3.63, 3.8) is 0 Å². The predicted molar refractivity (Wildman–Crippen MR) is 155 cm³/mol. The third-order valence-corrected chi connectivity index (χ3v) is 7.31.